The molecule has 1 aromatic rings. The third-order valence-electron chi connectivity index (χ3n) is 3.97. The van der Waals surface area contributed by atoms with Gasteiger partial charge in [-0.3, -0.25) is 0 Å². The number of amidine groups is 1. The van der Waals surface area contributed by atoms with Crippen molar-refractivity contribution in [3.05, 3.63) is 29.1 Å². The number of aromatic nitrogens is 1. The summed E-state index contributed by atoms with van der Waals surface area (Å²) in [5.41, 5.74) is 0.465. The maximum Gasteiger partial charge on any atom is 0.410 e. The van der Waals surface area contributed by atoms with Crippen molar-refractivity contribution in [2.24, 2.45) is 5.10 Å². The van der Waals surface area contributed by atoms with E-state index in [-0.39, 0.29) is 6.54 Å². The lowest BCUT2D eigenvalue weighted by molar-refractivity contribution is 0.0284. The molecule has 0 saturated heterocycles. The zero-order chi connectivity index (χ0) is 21.1. The second-order valence-corrected chi connectivity index (χ2v) is 7.77. The van der Waals surface area contributed by atoms with Gasteiger partial charge in [-0.15, -0.1) is 0 Å². The minimum Gasteiger partial charge on any atom is -0.444 e. The molecule has 1 aliphatic heterocycles. The molecular formula is C19H27ClF2N4O2. The molecule has 1 aliphatic rings. The van der Waals surface area contributed by atoms with Gasteiger partial charge in [-0.05, 0) is 40.2 Å². The molecule has 0 N–H and O–H groups in total. The maximum atomic E-state index is 13.3. The van der Waals surface area contributed by atoms with Crippen molar-refractivity contribution in [1.82, 2.24) is 14.5 Å². The van der Waals surface area contributed by atoms with Crippen molar-refractivity contribution in [2.45, 2.75) is 53.1 Å². The van der Waals surface area contributed by atoms with Gasteiger partial charge in [0.15, 0.2) is 0 Å². The lowest BCUT2D eigenvalue weighted by Gasteiger charge is -2.35. The van der Waals surface area contributed by atoms with Gasteiger partial charge in [0.1, 0.15) is 17.1 Å². The maximum absolute atomic E-state index is 13.3. The predicted molar refractivity (Wildman–Crippen MR) is 107 cm³/mol. The first-order valence-corrected chi connectivity index (χ1v) is 9.64. The summed E-state index contributed by atoms with van der Waals surface area (Å²) >= 11 is 6.26. The summed E-state index contributed by atoms with van der Waals surface area (Å²) in [7, 11) is 0. The molecule has 0 radical (unpaired) electrons. The van der Waals surface area contributed by atoms with Crippen LogP contribution >= 0.6 is 11.6 Å². The highest BCUT2D eigenvalue weighted by atomic mass is 35.5. The van der Waals surface area contributed by atoms with Gasteiger partial charge >= 0.3 is 6.09 Å². The van der Waals surface area contributed by atoms with Crippen molar-refractivity contribution in [1.29, 1.82) is 0 Å². The SMILES string of the molecule is CC/C=C1\c2c(Cl)ccn2N=C(CN(CC)C(=O)OC(C)(C)C)N1CC(F)F. The monoisotopic (exact) mass is 416 g/mol. The van der Waals surface area contributed by atoms with Crippen LogP contribution in [-0.4, -0.2) is 58.1 Å². The number of ether oxygens (including phenoxy) is 1. The topological polar surface area (TPSA) is 50.1 Å². The quantitative estimate of drug-likeness (QED) is 0.663. The van der Waals surface area contributed by atoms with Crippen LogP contribution in [0.15, 0.2) is 23.4 Å². The van der Waals surface area contributed by atoms with Gasteiger partial charge in [0, 0.05) is 12.7 Å². The molecule has 0 bridgehead atoms. The van der Waals surface area contributed by atoms with Crippen LogP contribution in [0.5, 0.6) is 0 Å². The van der Waals surface area contributed by atoms with Crippen molar-refractivity contribution >= 4 is 29.2 Å². The van der Waals surface area contributed by atoms with E-state index < -0.39 is 24.7 Å². The van der Waals surface area contributed by atoms with Crippen molar-refractivity contribution in [3.63, 3.8) is 0 Å². The molecular weight excluding hydrogens is 390 g/mol. The first-order chi connectivity index (χ1) is 13.1. The Bertz CT molecular complexity index is 768. The van der Waals surface area contributed by atoms with Crippen LogP contribution in [-0.2, 0) is 4.74 Å². The largest absolute Gasteiger partial charge is 0.444 e. The third kappa shape index (κ3) is 5.25. The molecule has 0 aliphatic carbocycles. The smallest absolute Gasteiger partial charge is 0.410 e. The Kier molecular flexibility index (Phi) is 7.09. The summed E-state index contributed by atoms with van der Waals surface area (Å²) in [5, 5.41) is 4.88. The molecule has 0 fully saturated rings. The molecule has 6 nitrogen and oxygen atoms in total. The zero-order valence-electron chi connectivity index (χ0n) is 16.9. The Labute approximate surface area is 169 Å². The standard InChI is InChI=1S/C19H27ClF2N4O2/c1-6-8-14-17-13(20)9-10-26(17)23-16(25(14)11-15(21)22)12-24(7-2)18(27)28-19(3,4)5/h8-10,15H,6-7,11-12H2,1-5H3/b14-8+. The lowest BCUT2D eigenvalue weighted by atomic mass is 10.2. The molecule has 9 heteroatoms. The highest BCUT2D eigenvalue weighted by Gasteiger charge is 2.31. The van der Waals surface area contributed by atoms with Crippen molar-refractivity contribution in [2.75, 3.05) is 19.6 Å². The molecule has 0 saturated carbocycles. The van der Waals surface area contributed by atoms with Crippen LogP contribution in [0.4, 0.5) is 13.6 Å². The molecule has 0 unspecified atom stereocenters. The molecule has 1 amide bonds. The van der Waals surface area contributed by atoms with Crippen LogP contribution in [0.2, 0.25) is 5.02 Å². The van der Waals surface area contributed by atoms with Gasteiger partial charge < -0.3 is 14.5 Å². The molecule has 0 aromatic carbocycles. The Hall–Kier alpha value is -2.09. The molecule has 28 heavy (non-hydrogen) atoms. The van der Waals surface area contributed by atoms with Gasteiger partial charge in [0.05, 0.1) is 23.8 Å². The summed E-state index contributed by atoms with van der Waals surface area (Å²) in [6.07, 6.45) is 1.03. The van der Waals surface area contributed by atoms with E-state index in [2.05, 4.69) is 5.10 Å². The minimum atomic E-state index is -2.58. The van der Waals surface area contributed by atoms with Gasteiger partial charge in [-0.25, -0.2) is 18.3 Å². The Morgan fingerprint density at radius 3 is 2.61 bits per heavy atom. The highest BCUT2D eigenvalue weighted by Crippen LogP contribution is 2.32. The average Bonchev–Trinajstić information content (AvgIpc) is 2.94. The number of carbonyl (C=O) groups excluding carboxylic acids is 1. The van der Waals surface area contributed by atoms with Gasteiger partial charge in [0.2, 0.25) is 0 Å². The summed E-state index contributed by atoms with van der Waals surface area (Å²) in [5.74, 6) is 0.326. The number of alkyl halides is 2. The minimum absolute atomic E-state index is 0.0361. The average molecular weight is 417 g/mol. The van der Waals surface area contributed by atoms with E-state index in [0.717, 1.165) is 0 Å². The summed E-state index contributed by atoms with van der Waals surface area (Å²) < 4.78 is 33.7. The molecule has 0 atom stereocenters. The number of carbonyl (C=O) groups is 1. The zero-order valence-corrected chi connectivity index (χ0v) is 17.6. The predicted octanol–water partition coefficient (Wildman–Crippen LogP) is 4.89. The van der Waals surface area contributed by atoms with Crippen LogP contribution in [0, 0.1) is 0 Å². The van der Waals surface area contributed by atoms with E-state index in [4.69, 9.17) is 16.3 Å². The molecule has 2 rings (SSSR count). The van der Waals surface area contributed by atoms with Crippen molar-refractivity contribution < 1.29 is 18.3 Å². The fourth-order valence-corrected chi connectivity index (χ4v) is 3.07. The number of allylic oxidation sites excluding steroid dienone is 1. The van der Waals surface area contributed by atoms with Crippen molar-refractivity contribution in [3.8, 4) is 0 Å². The fourth-order valence-electron chi connectivity index (χ4n) is 2.83. The molecule has 0 spiro atoms. The fraction of sp³-hybridized carbons (Fsp3) is 0.579. The Balaban J connectivity index is 2.42. The Morgan fingerprint density at radius 2 is 2.07 bits per heavy atom. The number of hydrogen-bond acceptors (Lipinski definition) is 4. The lowest BCUT2D eigenvalue weighted by Crippen LogP contribution is -2.47. The first kappa shape index (κ1) is 22.2. The van der Waals surface area contributed by atoms with E-state index in [9.17, 15) is 13.6 Å². The first-order valence-electron chi connectivity index (χ1n) is 9.26. The number of nitrogens with zero attached hydrogens (tertiary/aromatic N) is 4. The number of amides is 1. The highest BCUT2D eigenvalue weighted by molar-refractivity contribution is 6.32. The normalized spacial score (nSPS) is 15.7. The van der Waals surface area contributed by atoms with Crippen LogP contribution in [0.3, 0.4) is 0 Å². The summed E-state index contributed by atoms with van der Waals surface area (Å²) in [6, 6.07) is 1.67. The van der Waals surface area contributed by atoms with Gasteiger partial charge in [0.25, 0.3) is 6.43 Å². The Morgan fingerprint density at radius 1 is 1.39 bits per heavy atom. The van der Waals surface area contributed by atoms with Gasteiger partial charge in [-0.2, -0.15) is 5.10 Å². The van der Waals surface area contributed by atoms with E-state index in [0.29, 0.717) is 35.2 Å². The van der Waals surface area contributed by atoms with E-state index >= 15 is 0 Å². The van der Waals surface area contributed by atoms with E-state index in [1.807, 2.05) is 13.0 Å². The second kappa shape index (κ2) is 8.94. The summed E-state index contributed by atoms with van der Waals surface area (Å²) in [4.78, 5) is 15.4. The number of fused-ring (bicyclic) bond motifs is 1. The molecule has 156 valence electrons. The number of rotatable bonds is 6. The second-order valence-electron chi connectivity index (χ2n) is 7.37. The van der Waals surface area contributed by atoms with E-state index in [1.165, 1.54) is 9.80 Å². The number of likely N-dealkylation sites (N-methyl/N-ethyl adjacent to an activating group) is 1. The molecule has 1 aromatic heterocycles. The number of hydrogen-bond donors (Lipinski definition) is 0. The van der Waals surface area contributed by atoms with E-state index in [1.54, 1.807) is 44.6 Å². The third-order valence-corrected chi connectivity index (χ3v) is 4.27. The van der Waals surface area contributed by atoms with Gasteiger partial charge in [-0.1, -0.05) is 24.6 Å². The number of halogens is 3. The van der Waals surface area contributed by atoms with Crippen LogP contribution in [0.1, 0.15) is 46.7 Å². The van der Waals surface area contributed by atoms with Crippen LogP contribution in [0.25, 0.3) is 5.70 Å². The molecule has 2 heterocycles. The summed E-state index contributed by atoms with van der Waals surface area (Å²) in [6.45, 7) is 8.88. The van der Waals surface area contributed by atoms with Crippen LogP contribution < -0.4 is 0 Å².